The predicted octanol–water partition coefficient (Wildman–Crippen LogP) is 0.366. The Hall–Kier alpha value is -1.44. The molecule has 0 aromatic heterocycles. The number of benzene rings is 1. The van der Waals surface area contributed by atoms with Gasteiger partial charge in [0.25, 0.3) is 15.9 Å². The van der Waals surface area contributed by atoms with E-state index in [0.717, 1.165) is 5.56 Å². The maximum absolute atomic E-state index is 12.1. The molecule has 6 nitrogen and oxygen atoms in total. The summed E-state index contributed by atoms with van der Waals surface area (Å²) in [4.78, 5) is 11.9. The SMILES string of the molecule is CCC(C)C(N)C(=O)NS(=O)(=O)c1ccc(CCN)cc1. The van der Waals surface area contributed by atoms with E-state index in [4.69, 9.17) is 11.5 Å². The molecule has 0 saturated heterocycles. The van der Waals surface area contributed by atoms with Gasteiger partial charge in [-0.3, -0.25) is 4.79 Å². The average molecular weight is 313 g/mol. The summed E-state index contributed by atoms with van der Waals surface area (Å²) in [5.74, 6) is -0.775. The van der Waals surface area contributed by atoms with Gasteiger partial charge in [-0.05, 0) is 36.6 Å². The molecule has 0 saturated carbocycles. The summed E-state index contributed by atoms with van der Waals surface area (Å²) < 4.78 is 26.3. The van der Waals surface area contributed by atoms with Gasteiger partial charge in [0, 0.05) is 0 Å². The van der Waals surface area contributed by atoms with Gasteiger partial charge in [0.05, 0.1) is 10.9 Å². The van der Waals surface area contributed by atoms with E-state index in [1.54, 1.807) is 19.1 Å². The van der Waals surface area contributed by atoms with Crippen molar-refractivity contribution < 1.29 is 13.2 Å². The summed E-state index contributed by atoms with van der Waals surface area (Å²) in [5, 5.41) is 0. The molecule has 0 aliphatic carbocycles. The summed E-state index contributed by atoms with van der Waals surface area (Å²) in [6.45, 7) is 4.19. The third kappa shape index (κ3) is 4.80. The first kappa shape index (κ1) is 17.6. The van der Waals surface area contributed by atoms with Gasteiger partial charge in [-0.15, -0.1) is 0 Å². The zero-order valence-electron chi connectivity index (χ0n) is 12.4. The van der Waals surface area contributed by atoms with Crippen LogP contribution in [0.25, 0.3) is 0 Å². The van der Waals surface area contributed by atoms with Crippen molar-refractivity contribution in [2.45, 2.75) is 37.6 Å². The van der Waals surface area contributed by atoms with E-state index in [1.165, 1.54) is 12.1 Å². The molecule has 21 heavy (non-hydrogen) atoms. The molecular formula is C14H23N3O3S. The maximum Gasteiger partial charge on any atom is 0.264 e. The third-order valence-electron chi connectivity index (χ3n) is 3.46. The minimum Gasteiger partial charge on any atom is -0.330 e. The van der Waals surface area contributed by atoms with E-state index in [2.05, 4.69) is 0 Å². The number of rotatable bonds is 7. The number of carbonyl (C=O) groups excluding carboxylic acids is 1. The molecule has 118 valence electrons. The molecule has 0 spiro atoms. The molecule has 0 radical (unpaired) electrons. The van der Waals surface area contributed by atoms with E-state index in [-0.39, 0.29) is 10.8 Å². The molecule has 1 aromatic carbocycles. The highest BCUT2D eigenvalue weighted by Gasteiger charge is 2.25. The summed E-state index contributed by atoms with van der Waals surface area (Å²) in [7, 11) is -3.89. The van der Waals surface area contributed by atoms with Gasteiger partial charge in [-0.1, -0.05) is 32.4 Å². The minimum absolute atomic E-state index is 0.0352. The van der Waals surface area contributed by atoms with Crippen LogP contribution in [0.5, 0.6) is 0 Å². The van der Waals surface area contributed by atoms with Crippen molar-refractivity contribution >= 4 is 15.9 Å². The molecule has 0 fully saturated rings. The van der Waals surface area contributed by atoms with Gasteiger partial charge in [0.2, 0.25) is 0 Å². The van der Waals surface area contributed by atoms with Crippen molar-refractivity contribution in [1.82, 2.24) is 4.72 Å². The second-order valence-electron chi connectivity index (χ2n) is 5.06. The number of hydrogen-bond acceptors (Lipinski definition) is 5. The van der Waals surface area contributed by atoms with Crippen LogP contribution in [0.1, 0.15) is 25.8 Å². The van der Waals surface area contributed by atoms with Crippen LogP contribution in [0.2, 0.25) is 0 Å². The first-order valence-corrected chi connectivity index (χ1v) is 8.41. The molecule has 5 N–H and O–H groups in total. The molecule has 1 rings (SSSR count). The highest BCUT2D eigenvalue weighted by Crippen LogP contribution is 2.12. The fourth-order valence-electron chi connectivity index (χ4n) is 1.77. The lowest BCUT2D eigenvalue weighted by Gasteiger charge is -2.17. The summed E-state index contributed by atoms with van der Waals surface area (Å²) in [6, 6.07) is 5.42. The molecule has 0 bridgehead atoms. The molecule has 2 atom stereocenters. The van der Waals surface area contributed by atoms with Gasteiger partial charge >= 0.3 is 0 Å². The maximum atomic E-state index is 12.1. The van der Waals surface area contributed by atoms with E-state index in [9.17, 15) is 13.2 Å². The zero-order valence-corrected chi connectivity index (χ0v) is 13.2. The van der Waals surface area contributed by atoms with Crippen LogP contribution in [0.3, 0.4) is 0 Å². The van der Waals surface area contributed by atoms with Crippen molar-refractivity contribution in [2.75, 3.05) is 6.54 Å². The van der Waals surface area contributed by atoms with Crippen LogP contribution in [-0.2, 0) is 21.2 Å². The molecule has 0 aliphatic rings. The Labute approximate surface area is 126 Å². The lowest BCUT2D eigenvalue weighted by Crippen LogP contribution is -2.46. The van der Waals surface area contributed by atoms with Gasteiger partial charge in [-0.25, -0.2) is 13.1 Å². The van der Waals surface area contributed by atoms with Crippen LogP contribution in [0, 0.1) is 5.92 Å². The third-order valence-corrected chi connectivity index (χ3v) is 4.82. The van der Waals surface area contributed by atoms with Crippen molar-refractivity contribution in [3.63, 3.8) is 0 Å². The van der Waals surface area contributed by atoms with E-state index >= 15 is 0 Å². The van der Waals surface area contributed by atoms with E-state index < -0.39 is 22.0 Å². The number of nitrogens with one attached hydrogen (secondary N) is 1. The lowest BCUT2D eigenvalue weighted by atomic mass is 10.00. The van der Waals surface area contributed by atoms with Crippen molar-refractivity contribution in [1.29, 1.82) is 0 Å². The number of amides is 1. The Bertz CT molecular complexity index is 570. The highest BCUT2D eigenvalue weighted by molar-refractivity contribution is 7.90. The normalized spacial score (nSPS) is 14.5. The molecule has 1 amide bonds. The largest absolute Gasteiger partial charge is 0.330 e. The Kier molecular flexibility index (Phi) is 6.32. The van der Waals surface area contributed by atoms with Gasteiger partial charge in [0.15, 0.2) is 0 Å². The number of nitrogens with two attached hydrogens (primary N) is 2. The zero-order chi connectivity index (χ0) is 16.0. The number of hydrogen-bond donors (Lipinski definition) is 3. The van der Waals surface area contributed by atoms with Crippen molar-refractivity contribution in [3.8, 4) is 0 Å². The van der Waals surface area contributed by atoms with Crippen molar-refractivity contribution in [3.05, 3.63) is 29.8 Å². The quantitative estimate of drug-likeness (QED) is 0.672. The standard InChI is InChI=1S/C14H23N3O3S/c1-3-10(2)13(16)14(18)17-21(19,20)12-6-4-11(5-7-12)8-9-15/h4-7,10,13H,3,8-9,15-16H2,1-2H3,(H,17,18). The minimum atomic E-state index is -3.89. The van der Waals surface area contributed by atoms with Crippen LogP contribution >= 0.6 is 0 Å². The van der Waals surface area contributed by atoms with E-state index in [0.29, 0.717) is 19.4 Å². The van der Waals surface area contributed by atoms with Crippen LogP contribution in [0.15, 0.2) is 29.2 Å². The van der Waals surface area contributed by atoms with Crippen LogP contribution in [0.4, 0.5) is 0 Å². The predicted molar refractivity (Wildman–Crippen MR) is 82.0 cm³/mol. The Morgan fingerprint density at radius 1 is 1.29 bits per heavy atom. The smallest absolute Gasteiger partial charge is 0.264 e. The number of sulfonamides is 1. The molecule has 0 aliphatic heterocycles. The van der Waals surface area contributed by atoms with Gasteiger partial charge in [-0.2, -0.15) is 0 Å². The Morgan fingerprint density at radius 2 is 1.86 bits per heavy atom. The van der Waals surface area contributed by atoms with Crippen molar-refractivity contribution in [2.24, 2.45) is 17.4 Å². The number of carbonyl (C=O) groups is 1. The first-order valence-electron chi connectivity index (χ1n) is 6.93. The summed E-state index contributed by atoms with van der Waals surface area (Å²) in [5.41, 5.74) is 12.1. The molecular weight excluding hydrogens is 290 g/mol. The summed E-state index contributed by atoms with van der Waals surface area (Å²) in [6.07, 6.45) is 1.37. The first-order chi connectivity index (χ1) is 9.81. The summed E-state index contributed by atoms with van der Waals surface area (Å²) >= 11 is 0. The Morgan fingerprint density at radius 3 is 2.33 bits per heavy atom. The molecule has 7 heteroatoms. The highest BCUT2D eigenvalue weighted by atomic mass is 32.2. The van der Waals surface area contributed by atoms with Crippen LogP contribution in [-0.4, -0.2) is 26.9 Å². The molecule has 2 unspecified atom stereocenters. The van der Waals surface area contributed by atoms with E-state index in [1.807, 2.05) is 11.6 Å². The second kappa shape index (κ2) is 7.53. The topological polar surface area (TPSA) is 115 Å². The molecule has 0 heterocycles. The second-order valence-corrected chi connectivity index (χ2v) is 6.75. The van der Waals surface area contributed by atoms with Gasteiger partial charge < -0.3 is 11.5 Å². The molecule has 1 aromatic rings. The lowest BCUT2D eigenvalue weighted by molar-refractivity contribution is -0.121. The average Bonchev–Trinajstić information content (AvgIpc) is 2.46. The Balaban J connectivity index is 2.84. The fraction of sp³-hybridized carbons (Fsp3) is 0.500. The van der Waals surface area contributed by atoms with Gasteiger partial charge in [0.1, 0.15) is 0 Å². The monoisotopic (exact) mass is 313 g/mol. The fourth-order valence-corrected chi connectivity index (χ4v) is 2.79. The van der Waals surface area contributed by atoms with Crippen LogP contribution < -0.4 is 16.2 Å².